The van der Waals surface area contributed by atoms with E-state index in [1.165, 1.54) is 20.3 Å². The molecule has 1 fully saturated rings. The Hall–Kier alpha value is -1.35. The van der Waals surface area contributed by atoms with Crippen molar-refractivity contribution in [1.82, 2.24) is 9.21 Å². The smallest absolute Gasteiger partial charge is 0.246 e. The molecule has 8 heteroatoms. The maximum Gasteiger partial charge on any atom is 0.246 e. The Morgan fingerprint density at radius 2 is 1.77 bits per heavy atom. The number of rotatable bonds is 8. The largest absolute Gasteiger partial charge is 0.497 e. The Kier molecular flexibility index (Phi) is 6.90. The van der Waals surface area contributed by atoms with Gasteiger partial charge in [0.25, 0.3) is 0 Å². The average Bonchev–Trinajstić information content (AvgIpc) is 2.65. The fourth-order valence-corrected chi connectivity index (χ4v) is 5.09. The lowest BCUT2D eigenvalue weighted by Crippen LogP contribution is -2.54. The van der Waals surface area contributed by atoms with Crippen molar-refractivity contribution in [3.63, 3.8) is 0 Å². The van der Waals surface area contributed by atoms with E-state index in [2.05, 4.69) is 4.90 Å². The second-order valence-electron chi connectivity index (χ2n) is 6.78. The molecule has 148 valence electrons. The van der Waals surface area contributed by atoms with Crippen LogP contribution in [0.5, 0.6) is 11.5 Å². The average molecular weight is 387 g/mol. The van der Waals surface area contributed by atoms with E-state index in [0.29, 0.717) is 31.2 Å². The quantitative estimate of drug-likeness (QED) is 0.679. The first-order valence-corrected chi connectivity index (χ1v) is 10.1. The van der Waals surface area contributed by atoms with Gasteiger partial charge in [0.15, 0.2) is 0 Å². The summed E-state index contributed by atoms with van der Waals surface area (Å²) in [5.41, 5.74) is -0.0412. The maximum absolute atomic E-state index is 13.2. The van der Waals surface area contributed by atoms with Gasteiger partial charge < -0.3 is 19.1 Å². The van der Waals surface area contributed by atoms with Gasteiger partial charge in [0.2, 0.25) is 10.0 Å². The van der Waals surface area contributed by atoms with E-state index in [-0.39, 0.29) is 10.4 Å². The van der Waals surface area contributed by atoms with Gasteiger partial charge in [-0.05, 0) is 45.5 Å². The molecule has 1 aliphatic rings. The Labute approximate surface area is 156 Å². The summed E-state index contributed by atoms with van der Waals surface area (Å²) in [5.74, 6) is 0.818. The van der Waals surface area contributed by atoms with Gasteiger partial charge in [-0.2, -0.15) is 4.31 Å². The van der Waals surface area contributed by atoms with Crippen molar-refractivity contribution in [3.8, 4) is 11.5 Å². The van der Waals surface area contributed by atoms with Crippen LogP contribution in [-0.2, 0) is 14.8 Å². The van der Waals surface area contributed by atoms with Gasteiger partial charge >= 0.3 is 0 Å². The van der Waals surface area contributed by atoms with Crippen LogP contribution in [0.1, 0.15) is 19.3 Å². The molecular formula is C18H30N2O5S. The number of hydrogen-bond acceptors (Lipinski definition) is 6. The minimum Gasteiger partial charge on any atom is -0.497 e. The number of benzene rings is 1. The van der Waals surface area contributed by atoms with Crippen LogP contribution in [0.4, 0.5) is 0 Å². The Morgan fingerprint density at radius 1 is 1.12 bits per heavy atom. The number of hydrogen-bond donors (Lipinski definition) is 0. The Bertz CT molecular complexity index is 698. The molecule has 2 rings (SSSR count). The highest BCUT2D eigenvalue weighted by Gasteiger charge is 2.40. The van der Waals surface area contributed by atoms with Gasteiger partial charge in [-0.15, -0.1) is 0 Å². The normalized spacial score (nSPS) is 18.1. The summed E-state index contributed by atoms with van der Waals surface area (Å²) in [6.45, 7) is 1.59. The van der Waals surface area contributed by atoms with E-state index < -0.39 is 10.0 Å². The Balaban J connectivity index is 2.25. The predicted molar refractivity (Wildman–Crippen MR) is 100 cm³/mol. The van der Waals surface area contributed by atoms with Crippen molar-refractivity contribution in [3.05, 3.63) is 18.2 Å². The molecule has 1 aliphatic heterocycles. The lowest BCUT2D eigenvalue weighted by molar-refractivity contribution is 0.0467. The number of methoxy groups -OCH3 is 3. The van der Waals surface area contributed by atoms with Gasteiger partial charge in [0.05, 0.1) is 14.2 Å². The van der Waals surface area contributed by atoms with Crippen LogP contribution in [0.25, 0.3) is 0 Å². The minimum absolute atomic E-state index is 0.0412. The predicted octanol–water partition coefficient (Wildman–Crippen LogP) is 1.83. The first kappa shape index (κ1) is 21.0. The van der Waals surface area contributed by atoms with Crippen LogP contribution in [0.2, 0.25) is 0 Å². The monoisotopic (exact) mass is 386 g/mol. The number of sulfonamides is 1. The van der Waals surface area contributed by atoms with E-state index in [9.17, 15) is 8.42 Å². The SMILES string of the molecule is COCCC1(N(C)C)CCN(S(=O)(=O)c2cc(OC)ccc2OC)CC1. The molecule has 7 nitrogen and oxygen atoms in total. The van der Waals surface area contributed by atoms with E-state index >= 15 is 0 Å². The molecule has 0 atom stereocenters. The molecule has 0 N–H and O–H groups in total. The molecule has 1 aromatic carbocycles. The van der Waals surface area contributed by atoms with Crippen molar-refractivity contribution in [2.45, 2.75) is 29.7 Å². The summed E-state index contributed by atoms with van der Waals surface area (Å²) in [4.78, 5) is 2.34. The maximum atomic E-state index is 13.2. The molecule has 0 saturated carbocycles. The van der Waals surface area contributed by atoms with Crippen molar-refractivity contribution in [2.24, 2.45) is 0 Å². The van der Waals surface area contributed by atoms with Crippen LogP contribution in [0.3, 0.4) is 0 Å². The molecule has 0 spiro atoms. The third-order valence-corrected chi connectivity index (χ3v) is 7.28. The highest BCUT2D eigenvalue weighted by molar-refractivity contribution is 7.89. The summed E-state index contributed by atoms with van der Waals surface area (Å²) in [5, 5.41) is 0. The molecule has 0 unspecified atom stereocenters. The van der Waals surface area contributed by atoms with Gasteiger partial charge in [-0.25, -0.2) is 8.42 Å². The summed E-state index contributed by atoms with van der Waals surface area (Å²) in [7, 11) is 5.12. The van der Waals surface area contributed by atoms with Gasteiger partial charge in [-0.1, -0.05) is 0 Å². The summed E-state index contributed by atoms with van der Waals surface area (Å²) < 4.78 is 43.6. The Morgan fingerprint density at radius 3 is 2.27 bits per heavy atom. The number of nitrogens with zero attached hydrogens (tertiary/aromatic N) is 2. The molecule has 1 aromatic rings. The van der Waals surface area contributed by atoms with E-state index in [1.807, 2.05) is 14.1 Å². The van der Waals surface area contributed by atoms with Crippen LogP contribution >= 0.6 is 0 Å². The van der Waals surface area contributed by atoms with Crippen molar-refractivity contribution >= 4 is 10.0 Å². The fourth-order valence-electron chi connectivity index (χ4n) is 3.48. The minimum atomic E-state index is -3.66. The highest BCUT2D eigenvalue weighted by Crippen LogP contribution is 2.36. The molecule has 1 heterocycles. The van der Waals surface area contributed by atoms with Gasteiger partial charge in [0, 0.05) is 38.4 Å². The van der Waals surface area contributed by atoms with E-state index in [1.54, 1.807) is 23.5 Å². The first-order chi connectivity index (χ1) is 12.3. The zero-order valence-corrected chi connectivity index (χ0v) is 17.1. The molecule has 0 amide bonds. The van der Waals surface area contributed by atoms with Crippen LogP contribution in [0.15, 0.2) is 23.1 Å². The highest BCUT2D eigenvalue weighted by atomic mass is 32.2. The summed E-state index contributed by atoms with van der Waals surface area (Å²) in [6, 6.07) is 4.83. The van der Waals surface area contributed by atoms with Crippen LogP contribution < -0.4 is 9.47 Å². The third kappa shape index (κ3) is 4.14. The third-order valence-electron chi connectivity index (χ3n) is 5.36. The number of ether oxygens (including phenoxy) is 3. The van der Waals surface area contributed by atoms with E-state index in [0.717, 1.165) is 19.3 Å². The second kappa shape index (κ2) is 8.56. The van der Waals surface area contributed by atoms with E-state index in [4.69, 9.17) is 14.2 Å². The molecule has 26 heavy (non-hydrogen) atoms. The van der Waals surface area contributed by atoms with Crippen molar-refractivity contribution in [2.75, 3.05) is 55.1 Å². The zero-order chi connectivity index (χ0) is 19.4. The lowest BCUT2D eigenvalue weighted by atomic mass is 9.84. The van der Waals surface area contributed by atoms with Crippen LogP contribution in [0, 0.1) is 0 Å². The molecule has 0 aliphatic carbocycles. The molecular weight excluding hydrogens is 356 g/mol. The summed E-state index contributed by atoms with van der Waals surface area (Å²) >= 11 is 0. The fraction of sp³-hybridized carbons (Fsp3) is 0.667. The standard InChI is InChI=1S/C18H30N2O5S/c1-19(2)18(10-13-23-3)8-11-20(12-9-18)26(21,22)17-14-15(24-4)6-7-16(17)25-5/h6-7,14H,8-13H2,1-5H3. The molecule has 0 aromatic heterocycles. The van der Waals surface area contributed by atoms with Gasteiger partial charge in [0.1, 0.15) is 16.4 Å². The van der Waals surface area contributed by atoms with Crippen molar-refractivity contribution in [1.29, 1.82) is 0 Å². The molecule has 0 bridgehead atoms. The van der Waals surface area contributed by atoms with Gasteiger partial charge in [-0.3, -0.25) is 0 Å². The summed E-state index contributed by atoms with van der Waals surface area (Å²) in [6.07, 6.45) is 2.40. The van der Waals surface area contributed by atoms with Crippen LogP contribution in [-0.4, -0.2) is 78.3 Å². The number of piperidine rings is 1. The topological polar surface area (TPSA) is 68.3 Å². The lowest BCUT2D eigenvalue weighted by Gasteiger charge is -2.45. The van der Waals surface area contributed by atoms with Crippen molar-refractivity contribution < 1.29 is 22.6 Å². The first-order valence-electron chi connectivity index (χ1n) is 8.69. The molecule has 1 saturated heterocycles. The second-order valence-corrected chi connectivity index (χ2v) is 8.69. The molecule has 0 radical (unpaired) electrons. The zero-order valence-electron chi connectivity index (χ0n) is 16.3.